The van der Waals surface area contributed by atoms with Crippen LogP contribution in [0.2, 0.25) is 0 Å². The zero-order valence-corrected chi connectivity index (χ0v) is 13.3. The van der Waals surface area contributed by atoms with E-state index in [0.29, 0.717) is 23.2 Å². The van der Waals surface area contributed by atoms with E-state index < -0.39 is 0 Å². The van der Waals surface area contributed by atoms with Gasteiger partial charge < -0.3 is 14.1 Å². The van der Waals surface area contributed by atoms with Crippen LogP contribution in [0.25, 0.3) is 0 Å². The van der Waals surface area contributed by atoms with Crippen molar-refractivity contribution in [3.8, 4) is 5.75 Å². The number of halogens is 1. The molecule has 1 aromatic carbocycles. The molecule has 0 N–H and O–H groups in total. The van der Waals surface area contributed by atoms with Gasteiger partial charge >= 0.3 is 0 Å². The summed E-state index contributed by atoms with van der Waals surface area (Å²) in [4.78, 5) is 14.1. The molecular formula is C18H20FNO3. The average Bonchev–Trinajstić information content (AvgIpc) is 3.30. The van der Waals surface area contributed by atoms with Crippen molar-refractivity contribution in [1.29, 1.82) is 0 Å². The number of rotatable bonds is 6. The Morgan fingerprint density at radius 1 is 1.30 bits per heavy atom. The van der Waals surface area contributed by atoms with Gasteiger partial charge in [0.15, 0.2) is 5.76 Å². The average molecular weight is 317 g/mol. The Bertz CT molecular complexity index is 676. The number of hydrogen-bond acceptors (Lipinski definition) is 3. The highest BCUT2D eigenvalue weighted by molar-refractivity contribution is 5.91. The molecular weight excluding hydrogens is 297 g/mol. The minimum absolute atomic E-state index is 0.113. The maximum Gasteiger partial charge on any atom is 0.289 e. The quantitative estimate of drug-likeness (QED) is 0.812. The zero-order chi connectivity index (χ0) is 16.4. The number of benzene rings is 1. The van der Waals surface area contributed by atoms with Crippen LogP contribution in [0.3, 0.4) is 0 Å². The standard InChI is InChI=1S/C18H20FNO3/c1-12(13-3-4-13)20(2)18(21)17-10-9-16(23-17)11-22-15-7-5-14(19)6-8-15/h5-10,12-13H,3-4,11H2,1-2H3. The Morgan fingerprint density at radius 2 is 2.00 bits per heavy atom. The summed E-state index contributed by atoms with van der Waals surface area (Å²) in [6.07, 6.45) is 2.38. The Labute approximate surface area is 134 Å². The maximum absolute atomic E-state index is 12.8. The van der Waals surface area contributed by atoms with Gasteiger partial charge in [-0.3, -0.25) is 4.79 Å². The van der Waals surface area contributed by atoms with E-state index in [0.717, 1.165) is 0 Å². The highest BCUT2D eigenvalue weighted by atomic mass is 19.1. The first-order valence-electron chi connectivity index (χ1n) is 7.79. The summed E-state index contributed by atoms with van der Waals surface area (Å²) in [5, 5.41) is 0. The van der Waals surface area contributed by atoms with Gasteiger partial charge in [0.1, 0.15) is 23.9 Å². The molecule has 1 atom stereocenters. The number of furan rings is 1. The topological polar surface area (TPSA) is 42.7 Å². The molecule has 122 valence electrons. The molecule has 1 heterocycles. The van der Waals surface area contributed by atoms with Gasteiger partial charge in [-0.25, -0.2) is 4.39 Å². The van der Waals surface area contributed by atoms with E-state index in [1.54, 1.807) is 29.2 Å². The summed E-state index contributed by atoms with van der Waals surface area (Å²) in [5.41, 5.74) is 0. The molecule has 1 fully saturated rings. The van der Waals surface area contributed by atoms with Crippen molar-refractivity contribution >= 4 is 5.91 Å². The van der Waals surface area contributed by atoms with Gasteiger partial charge in [0.25, 0.3) is 5.91 Å². The molecule has 3 rings (SSSR count). The molecule has 5 heteroatoms. The van der Waals surface area contributed by atoms with Crippen LogP contribution in [-0.4, -0.2) is 23.9 Å². The molecule has 1 aliphatic rings. The molecule has 1 saturated carbocycles. The number of nitrogens with zero attached hydrogens (tertiary/aromatic N) is 1. The fourth-order valence-electron chi connectivity index (χ4n) is 2.51. The Kier molecular flexibility index (Phi) is 4.37. The van der Waals surface area contributed by atoms with Crippen molar-refractivity contribution in [2.75, 3.05) is 7.05 Å². The lowest BCUT2D eigenvalue weighted by Gasteiger charge is -2.23. The van der Waals surface area contributed by atoms with Crippen LogP contribution in [0.1, 0.15) is 36.1 Å². The number of ether oxygens (including phenoxy) is 1. The first-order chi connectivity index (χ1) is 11.0. The van der Waals surface area contributed by atoms with Crippen LogP contribution in [0.15, 0.2) is 40.8 Å². The Balaban J connectivity index is 1.58. The van der Waals surface area contributed by atoms with E-state index >= 15 is 0 Å². The van der Waals surface area contributed by atoms with E-state index in [9.17, 15) is 9.18 Å². The molecule has 0 aliphatic heterocycles. The Hall–Kier alpha value is -2.30. The molecule has 0 spiro atoms. The van der Waals surface area contributed by atoms with E-state index in [1.807, 2.05) is 7.05 Å². The second kappa shape index (κ2) is 6.44. The van der Waals surface area contributed by atoms with Crippen LogP contribution in [0.4, 0.5) is 4.39 Å². The first kappa shape index (κ1) is 15.6. The summed E-state index contributed by atoms with van der Waals surface area (Å²) in [6, 6.07) is 9.40. The third kappa shape index (κ3) is 3.73. The lowest BCUT2D eigenvalue weighted by Crippen LogP contribution is -2.36. The van der Waals surface area contributed by atoms with Crippen molar-refractivity contribution in [3.63, 3.8) is 0 Å². The second-order valence-corrected chi connectivity index (χ2v) is 6.00. The summed E-state index contributed by atoms with van der Waals surface area (Å²) in [6.45, 7) is 2.26. The van der Waals surface area contributed by atoms with E-state index in [2.05, 4.69) is 6.92 Å². The van der Waals surface area contributed by atoms with Gasteiger partial charge in [-0.15, -0.1) is 0 Å². The smallest absolute Gasteiger partial charge is 0.289 e. The normalized spacial score (nSPS) is 15.3. The monoisotopic (exact) mass is 317 g/mol. The van der Waals surface area contributed by atoms with Crippen LogP contribution in [0.5, 0.6) is 5.75 Å². The molecule has 0 bridgehead atoms. The van der Waals surface area contributed by atoms with Crippen molar-refractivity contribution in [2.24, 2.45) is 5.92 Å². The van der Waals surface area contributed by atoms with Crippen molar-refractivity contribution in [2.45, 2.75) is 32.4 Å². The second-order valence-electron chi connectivity index (χ2n) is 6.00. The van der Waals surface area contributed by atoms with Gasteiger partial charge in [-0.1, -0.05) is 0 Å². The lowest BCUT2D eigenvalue weighted by atomic mass is 10.2. The zero-order valence-electron chi connectivity index (χ0n) is 13.3. The fraction of sp³-hybridized carbons (Fsp3) is 0.389. The van der Waals surface area contributed by atoms with Gasteiger partial charge in [-0.2, -0.15) is 0 Å². The predicted molar refractivity (Wildman–Crippen MR) is 83.7 cm³/mol. The molecule has 4 nitrogen and oxygen atoms in total. The van der Waals surface area contributed by atoms with Gasteiger partial charge in [0, 0.05) is 13.1 Å². The predicted octanol–water partition coefficient (Wildman–Crippen LogP) is 3.87. The molecule has 1 aromatic heterocycles. The summed E-state index contributed by atoms with van der Waals surface area (Å²) >= 11 is 0. The van der Waals surface area contributed by atoms with Crippen molar-refractivity contribution < 1.29 is 18.3 Å². The number of carbonyl (C=O) groups excluding carboxylic acids is 1. The largest absolute Gasteiger partial charge is 0.486 e. The SMILES string of the molecule is CC(C1CC1)N(C)C(=O)c1ccc(COc2ccc(F)cc2)o1. The molecule has 0 radical (unpaired) electrons. The number of amides is 1. The van der Waals surface area contributed by atoms with E-state index in [4.69, 9.17) is 9.15 Å². The number of carbonyl (C=O) groups is 1. The summed E-state index contributed by atoms with van der Waals surface area (Å²) < 4.78 is 23.9. The Morgan fingerprint density at radius 3 is 2.65 bits per heavy atom. The summed E-state index contributed by atoms with van der Waals surface area (Å²) in [7, 11) is 1.81. The summed E-state index contributed by atoms with van der Waals surface area (Å²) in [5.74, 6) is 1.62. The van der Waals surface area contributed by atoms with Crippen LogP contribution < -0.4 is 4.74 Å². The van der Waals surface area contributed by atoms with Gasteiger partial charge in [-0.05, 0) is 62.1 Å². The molecule has 2 aromatic rings. The third-order valence-corrected chi connectivity index (χ3v) is 4.30. The van der Waals surface area contributed by atoms with Crippen LogP contribution in [-0.2, 0) is 6.61 Å². The molecule has 23 heavy (non-hydrogen) atoms. The highest BCUT2D eigenvalue weighted by Crippen LogP contribution is 2.35. The van der Waals surface area contributed by atoms with Crippen molar-refractivity contribution in [1.82, 2.24) is 4.90 Å². The minimum atomic E-state index is -0.309. The molecule has 0 saturated heterocycles. The van der Waals surface area contributed by atoms with Crippen LogP contribution in [0, 0.1) is 11.7 Å². The van der Waals surface area contributed by atoms with Gasteiger partial charge in [0.05, 0.1) is 0 Å². The molecule has 1 amide bonds. The maximum atomic E-state index is 12.8. The third-order valence-electron chi connectivity index (χ3n) is 4.30. The number of hydrogen-bond donors (Lipinski definition) is 0. The molecule has 1 unspecified atom stereocenters. The highest BCUT2D eigenvalue weighted by Gasteiger charge is 2.33. The van der Waals surface area contributed by atoms with Crippen LogP contribution >= 0.6 is 0 Å². The first-order valence-corrected chi connectivity index (χ1v) is 7.79. The molecule has 1 aliphatic carbocycles. The van der Waals surface area contributed by atoms with Gasteiger partial charge in [0.2, 0.25) is 0 Å². The van der Waals surface area contributed by atoms with Crippen molar-refractivity contribution in [3.05, 3.63) is 53.7 Å². The minimum Gasteiger partial charge on any atom is -0.486 e. The lowest BCUT2D eigenvalue weighted by molar-refractivity contribution is 0.0691. The van der Waals surface area contributed by atoms with E-state index in [1.165, 1.54) is 25.0 Å². The van der Waals surface area contributed by atoms with E-state index in [-0.39, 0.29) is 24.4 Å². The fourth-order valence-corrected chi connectivity index (χ4v) is 2.51.